The van der Waals surface area contributed by atoms with E-state index in [1.165, 1.54) is 95.2 Å². The summed E-state index contributed by atoms with van der Waals surface area (Å²) < 4.78 is 8.90. The molecule has 1 aliphatic carbocycles. The highest BCUT2D eigenvalue weighted by Gasteiger charge is 2.26. The first kappa shape index (κ1) is 53.1. The lowest BCUT2D eigenvalue weighted by molar-refractivity contribution is 0.670. The average Bonchev–Trinajstić information content (AvgIpc) is 4.06. The van der Waals surface area contributed by atoms with E-state index in [1.54, 1.807) is 6.08 Å². The lowest BCUT2D eigenvalue weighted by Crippen LogP contribution is -2.06. The largest absolute Gasteiger partial charge is 0.455 e. The third-order valence-corrected chi connectivity index (χ3v) is 14.7. The number of hydrogen-bond donors (Lipinski definition) is 0. The lowest BCUT2D eigenvalue weighted by atomic mass is 9.80. The Bertz CT molecular complexity index is 3690. The Morgan fingerprint density at radius 2 is 1.21 bits per heavy atom. The van der Waals surface area contributed by atoms with Crippen LogP contribution in [0.2, 0.25) is 0 Å². The number of nitrogens with zero attached hydrogens (tertiary/aromatic N) is 1. The van der Waals surface area contributed by atoms with Gasteiger partial charge in [0.15, 0.2) is 0 Å². The molecule has 0 N–H and O–H groups in total. The molecule has 376 valence electrons. The number of benzene rings is 8. The van der Waals surface area contributed by atoms with Crippen LogP contribution in [0.1, 0.15) is 99.9 Å². The van der Waals surface area contributed by atoms with Crippen molar-refractivity contribution in [3.8, 4) is 50.2 Å². The van der Waals surface area contributed by atoms with E-state index in [1.807, 2.05) is 64.1 Å². The Morgan fingerprint density at radius 1 is 0.600 bits per heavy atom. The van der Waals surface area contributed by atoms with Gasteiger partial charge in [0.25, 0.3) is 0 Å². The van der Waals surface area contributed by atoms with Crippen molar-refractivity contribution in [1.29, 1.82) is 0 Å². The van der Waals surface area contributed by atoms with Crippen LogP contribution in [0.25, 0.3) is 94.7 Å². The summed E-state index contributed by atoms with van der Waals surface area (Å²) in [5.74, 6) is 0.611. The van der Waals surface area contributed by atoms with Gasteiger partial charge in [-0.1, -0.05) is 217 Å². The Hall–Kier alpha value is -8.20. The molecule has 2 nitrogen and oxygen atoms in total. The van der Waals surface area contributed by atoms with E-state index >= 15 is 0 Å². The van der Waals surface area contributed by atoms with Crippen LogP contribution in [0.15, 0.2) is 224 Å². The van der Waals surface area contributed by atoms with Crippen molar-refractivity contribution < 1.29 is 4.42 Å². The molecule has 1 aliphatic rings. The maximum Gasteiger partial charge on any atom is 0.143 e. The van der Waals surface area contributed by atoms with Gasteiger partial charge in [0.05, 0.1) is 5.52 Å². The summed E-state index contributed by atoms with van der Waals surface area (Å²) in [6, 6.07) is 61.6. The summed E-state index contributed by atoms with van der Waals surface area (Å²) in [6.45, 7) is 27.1. The monoisotopic (exact) mass is 980 g/mol. The molecular formula is C73H73NO. The van der Waals surface area contributed by atoms with Gasteiger partial charge in [0.2, 0.25) is 0 Å². The number of aryl methyl sites for hydroxylation is 4. The number of hydrogen-bond acceptors (Lipinski definition) is 1. The van der Waals surface area contributed by atoms with Gasteiger partial charge in [-0.15, -0.1) is 0 Å². The molecule has 2 heteroatoms. The highest BCUT2D eigenvalue weighted by atomic mass is 16.3. The maximum atomic E-state index is 6.55. The summed E-state index contributed by atoms with van der Waals surface area (Å²) in [4.78, 5) is 0. The molecule has 10 aromatic rings. The summed E-state index contributed by atoms with van der Waals surface area (Å²) in [5.41, 5.74) is 24.8. The van der Waals surface area contributed by atoms with Gasteiger partial charge in [-0.2, -0.15) is 0 Å². The highest BCUT2D eigenvalue weighted by molar-refractivity contribution is 6.12. The number of furan rings is 1. The lowest BCUT2D eigenvalue weighted by Gasteiger charge is -2.24. The van der Waals surface area contributed by atoms with Crippen LogP contribution in [-0.2, 0) is 12.8 Å². The molecule has 0 saturated carbocycles. The van der Waals surface area contributed by atoms with Crippen molar-refractivity contribution in [2.75, 3.05) is 0 Å². The van der Waals surface area contributed by atoms with Crippen molar-refractivity contribution in [2.24, 2.45) is 0 Å². The van der Waals surface area contributed by atoms with Crippen molar-refractivity contribution >= 4 is 44.5 Å². The summed E-state index contributed by atoms with van der Waals surface area (Å²) in [7, 11) is 0. The second-order valence-corrected chi connectivity index (χ2v) is 19.2. The number of para-hydroxylation sites is 2. The SMILES string of the molecule is C/C=C\C.C=C/C=C\C=C(/C)c1ccc(-c2ccc(-n3c(C=C)cc4c5c(ccc43)CCc3cccc(-c4cccc6c4oc4ccccc46)c3-5)cc2)cc1.CC.CCC(C)c1cccc(C)c1-c1ccccc1C. The molecule has 0 bridgehead atoms. The number of aromatic nitrogens is 1. The molecule has 0 spiro atoms. The van der Waals surface area contributed by atoms with Gasteiger partial charge >= 0.3 is 0 Å². The molecule has 2 heterocycles. The minimum atomic E-state index is 0.611. The zero-order valence-corrected chi connectivity index (χ0v) is 45.7. The van der Waals surface area contributed by atoms with E-state index in [9.17, 15) is 0 Å². The fourth-order valence-electron chi connectivity index (χ4n) is 10.5. The van der Waals surface area contributed by atoms with Gasteiger partial charge in [-0.05, 0) is 174 Å². The number of rotatable bonds is 10. The van der Waals surface area contributed by atoms with Gasteiger partial charge in [-0.25, -0.2) is 0 Å². The predicted molar refractivity (Wildman–Crippen MR) is 329 cm³/mol. The van der Waals surface area contributed by atoms with Crippen molar-refractivity contribution in [3.05, 3.63) is 259 Å². The molecule has 0 radical (unpaired) electrons. The van der Waals surface area contributed by atoms with Crippen molar-refractivity contribution in [1.82, 2.24) is 4.57 Å². The van der Waals surface area contributed by atoms with Crippen LogP contribution in [0, 0.1) is 13.8 Å². The van der Waals surface area contributed by atoms with Crippen LogP contribution < -0.4 is 0 Å². The van der Waals surface area contributed by atoms with Gasteiger partial charge < -0.3 is 8.98 Å². The Balaban J connectivity index is 0.000000259. The Morgan fingerprint density at radius 3 is 1.91 bits per heavy atom. The zero-order valence-electron chi connectivity index (χ0n) is 45.7. The summed E-state index contributed by atoms with van der Waals surface area (Å²) in [6.07, 6.45) is 17.1. The van der Waals surface area contributed by atoms with Gasteiger partial charge in [-0.3, -0.25) is 0 Å². The van der Waals surface area contributed by atoms with E-state index < -0.39 is 0 Å². The third kappa shape index (κ3) is 11.0. The van der Waals surface area contributed by atoms with Crippen LogP contribution in [0.4, 0.5) is 0 Å². The normalized spacial score (nSPS) is 12.3. The molecule has 1 atom stereocenters. The minimum Gasteiger partial charge on any atom is -0.455 e. The van der Waals surface area contributed by atoms with Gasteiger partial charge in [0.1, 0.15) is 11.2 Å². The first-order valence-electron chi connectivity index (χ1n) is 26.9. The second-order valence-electron chi connectivity index (χ2n) is 19.2. The van der Waals surface area contributed by atoms with E-state index in [0.29, 0.717) is 5.92 Å². The van der Waals surface area contributed by atoms with Crippen LogP contribution in [-0.4, -0.2) is 4.57 Å². The predicted octanol–water partition coefficient (Wildman–Crippen LogP) is 21.5. The van der Waals surface area contributed by atoms with Crippen molar-refractivity contribution in [2.45, 2.75) is 87.5 Å². The molecule has 75 heavy (non-hydrogen) atoms. The molecule has 11 rings (SSSR count). The first-order valence-corrected chi connectivity index (χ1v) is 26.9. The molecule has 8 aromatic carbocycles. The highest BCUT2D eigenvalue weighted by Crippen LogP contribution is 2.47. The van der Waals surface area contributed by atoms with Crippen LogP contribution in [0.5, 0.6) is 0 Å². The molecule has 0 saturated heterocycles. The minimum absolute atomic E-state index is 0.611. The molecule has 1 unspecified atom stereocenters. The average molecular weight is 980 g/mol. The third-order valence-electron chi connectivity index (χ3n) is 14.7. The standard InChI is InChI=1S/C49H37NO.C18H22.C4H8.C2H6/c1-4-6-7-12-32(3)33-19-21-34(22-20-33)35-25-28-39(29-26-35)50-38(5-2)31-44-45(50)30-27-37-24-23-36-13-10-15-41(47(36)48(37)44)43-17-11-16-42-40-14-8-9-18-46(40)51-49(42)43;1-5-13(2)16-12-8-10-15(4)18(16)17-11-7-6-9-14(17)3;1-3-4-2;1-2/h4-22,25-31H,1-2,23-24H2,3H3;6-13H,5H2,1-4H3;3-4H,1-2H3;1-2H3/b7-6-,32-12+;;4-3-;. The van der Waals surface area contributed by atoms with E-state index in [-0.39, 0.29) is 0 Å². The quantitative estimate of drug-likeness (QED) is 0.0986. The topological polar surface area (TPSA) is 18.1 Å². The first-order chi connectivity index (χ1) is 36.7. The van der Waals surface area contributed by atoms with E-state index in [4.69, 9.17) is 4.42 Å². The number of fused-ring (bicyclic) bond motifs is 8. The Labute approximate surface area is 447 Å². The smallest absolute Gasteiger partial charge is 0.143 e. The molecule has 0 fully saturated rings. The zero-order chi connectivity index (χ0) is 53.0. The van der Waals surface area contributed by atoms with Crippen LogP contribution >= 0.6 is 0 Å². The second kappa shape index (κ2) is 24.7. The van der Waals surface area contributed by atoms with E-state index in [2.05, 4.69) is 222 Å². The maximum absolute atomic E-state index is 6.55. The summed E-state index contributed by atoms with van der Waals surface area (Å²) >= 11 is 0. The van der Waals surface area contributed by atoms with Gasteiger partial charge in [0, 0.05) is 33.1 Å². The molecule has 0 aliphatic heterocycles. The molecule has 0 amide bonds. The Kier molecular flexibility index (Phi) is 17.5. The summed E-state index contributed by atoms with van der Waals surface area (Å²) in [5, 5.41) is 3.55. The number of allylic oxidation sites excluding steroid dienone is 7. The fraction of sp³-hybridized carbons (Fsp3) is 0.178. The van der Waals surface area contributed by atoms with E-state index in [0.717, 1.165) is 51.7 Å². The molecular weight excluding hydrogens is 907 g/mol. The van der Waals surface area contributed by atoms with Crippen molar-refractivity contribution in [3.63, 3.8) is 0 Å². The fourth-order valence-corrected chi connectivity index (χ4v) is 10.5. The molecule has 2 aromatic heterocycles. The van der Waals surface area contributed by atoms with Crippen LogP contribution in [0.3, 0.4) is 0 Å².